The third kappa shape index (κ3) is 5.01. The molecule has 3 heterocycles. The summed E-state index contributed by atoms with van der Waals surface area (Å²) >= 11 is 6.30. The number of halogens is 3. The lowest BCUT2D eigenvalue weighted by molar-refractivity contribution is 0.162. The SMILES string of the molecule is COc1cc(OC)c(-c2cn3ccc(OC4CCNCC4)cc3n2)cc1Cl.Cl.Cl. The van der Waals surface area contributed by atoms with E-state index in [-0.39, 0.29) is 30.9 Å². The molecule has 158 valence electrons. The Morgan fingerprint density at radius 1 is 1.07 bits per heavy atom. The summed E-state index contributed by atoms with van der Waals surface area (Å²) in [4.78, 5) is 4.73. The molecule has 29 heavy (non-hydrogen) atoms. The van der Waals surface area contributed by atoms with Gasteiger partial charge >= 0.3 is 0 Å². The van der Waals surface area contributed by atoms with E-state index in [2.05, 4.69) is 5.32 Å². The number of imidazole rings is 1. The zero-order chi connectivity index (χ0) is 18.8. The molecule has 1 N–H and O–H groups in total. The highest BCUT2D eigenvalue weighted by Gasteiger charge is 2.17. The monoisotopic (exact) mass is 459 g/mol. The molecular weight excluding hydrogens is 437 g/mol. The van der Waals surface area contributed by atoms with Gasteiger partial charge in [0.1, 0.15) is 29.0 Å². The van der Waals surface area contributed by atoms with E-state index in [4.69, 9.17) is 30.8 Å². The van der Waals surface area contributed by atoms with Gasteiger partial charge in [-0.3, -0.25) is 0 Å². The van der Waals surface area contributed by atoms with Gasteiger partial charge in [0, 0.05) is 30.1 Å². The lowest BCUT2D eigenvalue weighted by atomic mass is 10.1. The number of methoxy groups -OCH3 is 2. The summed E-state index contributed by atoms with van der Waals surface area (Å²) < 4.78 is 18.8. The number of hydrogen-bond acceptors (Lipinski definition) is 5. The van der Waals surface area contributed by atoms with E-state index in [9.17, 15) is 0 Å². The van der Waals surface area contributed by atoms with Crippen LogP contribution < -0.4 is 19.5 Å². The van der Waals surface area contributed by atoms with Crippen molar-refractivity contribution in [3.8, 4) is 28.5 Å². The molecule has 1 saturated heterocycles. The summed E-state index contributed by atoms with van der Waals surface area (Å²) in [7, 11) is 3.20. The van der Waals surface area contributed by atoms with E-state index in [0.29, 0.717) is 16.5 Å². The fourth-order valence-electron chi connectivity index (χ4n) is 3.33. The number of benzene rings is 1. The van der Waals surface area contributed by atoms with E-state index in [1.54, 1.807) is 20.3 Å². The molecule has 0 atom stereocenters. The average molecular weight is 461 g/mol. The highest BCUT2D eigenvalue weighted by atomic mass is 35.5. The van der Waals surface area contributed by atoms with Crippen LogP contribution in [0, 0.1) is 0 Å². The number of nitrogens with one attached hydrogen (secondary N) is 1. The molecule has 9 heteroatoms. The van der Waals surface area contributed by atoms with Gasteiger partial charge in [-0.2, -0.15) is 0 Å². The standard InChI is InChI=1S/C20H22ClN3O3.2ClH/c1-25-18-11-19(26-2)16(21)10-15(18)17-12-24-8-5-14(9-20(24)23-17)27-13-3-6-22-7-4-13;;/h5,8-13,22H,3-4,6-7H2,1-2H3;2*1H. The molecule has 0 unspecified atom stereocenters. The molecular formula is C20H24Cl3N3O3. The zero-order valence-electron chi connectivity index (χ0n) is 16.2. The highest BCUT2D eigenvalue weighted by molar-refractivity contribution is 6.32. The van der Waals surface area contributed by atoms with Crippen molar-refractivity contribution in [3.05, 3.63) is 41.7 Å². The van der Waals surface area contributed by atoms with Crippen molar-refractivity contribution in [2.24, 2.45) is 0 Å². The lowest BCUT2D eigenvalue weighted by Crippen LogP contribution is -2.34. The molecule has 2 aromatic heterocycles. The Hall–Kier alpha value is -1.86. The van der Waals surface area contributed by atoms with Crippen LogP contribution in [0.3, 0.4) is 0 Å². The second-order valence-corrected chi connectivity index (χ2v) is 6.92. The fraction of sp³-hybridized carbons (Fsp3) is 0.350. The summed E-state index contributed by atoms with van der Waals surface area (Å²) in [6.45, 7) is 2.00. The normalized spacial score (nSPS) is 14.0. The van der Waals surface area contributed by atoms with Gasteiger partial charge in [-0.25, -0.2) is 4.98 Å². The molecule has 3 aromatic rings. The Kier molecular flexibility index (Phi) is 8.28. The van der Waals surface area contributed by atoms with Crippen molar-refractivity contribution in [1.82, 2.24) is 14.7 Å². The molecule has 0 radical (unpaired) electrons. The maximum absolute atomic E-state index is 6.30. The van der Waals surface area contributed by atoms with E-state index >= 15 is 0 Å². The zero-order valence-corrected chi connectivity index (χ0v) is 18.6. The van der Waals surface area contributed by atoms with E-state index in [0.717, 1.165) is 48.6 Å². The first-order valence-electron chi connectivity index (χ1n) is 8.96. The maximum Gasteiger partial charge on any atom is 0.141 e. The van der Waals surface area contributed by atoms with Gasteiger partial charge in [0.15, 0.2) is 0 Å². The molecule has 1 aliphatic rings. The van der Waals surface area contributed by atoms with Crippen molar-refractivity contribution in [1.29, 1.82) is 0 Å². The number of hydrogen-bond donors (Lipinski definition) is 1. The van der Waals surface area contributed by atoms with Gasteiger partial charge in [0.25, 0.3) is 0 Å². The number of piperidine rings is 1. The summed E-state index contributed by atoms with van der Waals surface area (Å²) in [5.74, 6) is 2.07. The second-order valence-electron chi connectivity index (χ2n) is 6.51. The molecule has 0 spiro atoms. The first-order valence-corrected chi connectivity index (χ1v) is 9.34. The van der Waals surface area contributed by atoms with Gasteiger partial charge in [-0.1, -0.05) is 11.6 Å². The van der Waals surface area contributed by atoms with Crippen LogP contribution in [0.1, 0.15) is 12.8 Å². The van der Waals surface area contributed by atoms with Crippen LogP contribution in [0.5, 0.6) is 17.2 Å². The summed E-state index contributed by atoms with van der Waals surface area (Å²) in [6, 6.07) is 7.52. The molecule has 0 saturated carbocycles. The van der Waals surface area contributed by atoms with Crippen molar-refractivity contribution < 1.29 is 14.2 Å². The van der Waals surface area contributed by atoms with Crippen LogP contribution in [0.4, 0.5) is 0 Å². The van der Waals surface area contributed by atoms with Gasteiger partial charge in [-0.15, -0.1) is 24.8 Å². The third-order valence-electron chi connectivity index (χ3n) is 4.77. The molecule has 0 bridgehead atoms. The van der Waals surface area contributed by atoms with Gasteiger partial charge in [0.05, 0.1) is 24.9 Å². The van der Waals surface area contributed by atoms with Crippen molar-refractivity contribution in [2.75, 3.05) is 27.3 Å². The predicted molar refractivity (Wildman–Crippen MR) is 120 cm³/mol. The Morgan fingerprint density at radius 2 is 1.79 bits per heavy atom. The number of pyridine rings is 1. The summed E-state index contributed by atoms with van der Waals surface area (Å²) in [6.07, 6.45) is 6.20. The number of nitrogens with zero attached hydrogens (tertiary/aromatic N) is 2. The summed E-state index contributed by atoms with van der Waals surface area (Å²) in [5, 5.41) is 3.86. The molecule has 0 amide bonds. The van der Waals surface area contributed by atoms with Crippen LogP contribution >= 0.6 is 36.4 Å². The maximum atomic E-state index is 6.30. The van der Waals surface area contributed by atoms with Gasteiger partial charge < -0.3 is 23.9 Å². The van der Waals surface area contributed by atoms with Crippen molar-refractivity contribution in [3.63, 3.8) is 0 Å². The molecule has 4 rings (SSSR count). The van der Waals surface area contributed by atoms with Crippen molar-refractivity contribution >= 4 is 42.1 Å². The Balaban J connectivity index is 0.00000150. The molecule has 1 fully saturated rings. The average Bonchev–Trinajstić information content (AvgIpc) is 3.11. The lowest BCUT2D eigenvalue weighted by Gasteiger charge is -2.23. The van der Waals surface area contributed by atoms with E-state index in [1.165, 1.54) is 0 Å². The second kappa shape index (κ2) is 10.3. The van der Waals surface area contributed by atoms with Crippen LogP contribution in [0.25, 0.3) is 16.9 Å². The topological polar surface area (TPSA) is 57.0 Å². The number of fused-ring (bicyclic) bond motifs is 1. The fourth-order valence-corrected chi connectivity index (χ4v) is 3.57. The number of aromatic nitrogens is 2. The predicted octanol–water partition coefficient (Wildman–Crippen LogP) is 4.65. The third-order valence-corrected chi connectivity index (χ3v) is 5.07. The van der Waals surface area contributed by atoms with Crippen LogP contribution in [-0.2, 0) is 0 Å². The smallest absolute Gasteiger partial charge is 0.141 e. The summed E-state index contributed by atoms with van der Waals surface area (Å²) in [5.41, 5.74) is 2.40. The molecule has 6 nitrogen and oxygen atoms in total. The minimum atomic E-state index is 0. The Labute approximate surface area is 187 Å². The van der Waals surface area contributed by atoms with E-state index < -0.39 is 0 Å². The number of ether oxygens (including phenoxy) is 3. The molecule has 1 aliphatic heterocycles. The minimum absolute atomic E-state index is 0. The molecule has 1 aromatic carbocycles. The van der Waals surface area contributed by atoms with E-state index in [1.807, 2.05) is 35.0 Å². The minimum Gasteiger partial charge on any atom is -0.496 e. The van der Waals surface area contributed by atoms with Crippen molar-refractivity contribution in [2.45, 2.75) is 18.9 Å². The number of rotatable bonds is 5. The van der Waals surface area contributed by atoms with Gasteiger partial charge in [0.2, 0.25) is 0 Å². The Morgan fingerprint density at radius 3 is 2.48 bits per heavy atom. The first-order chi connectivity index (χ1) is 13.2. The van der Waals surface area contributed by atoms with Crippen LogP contribution in [0.15, 0.2) is 36.7 Å². The Bertz CT molecular complexity index is 959. The van der Waals surface area contributed by atoms with Gasteiger partial charge in [-0.05, 0) is 38.1 Å². The van der Waals surface area contributed by atoms with Crippen LogP contribution in [-0.4, -0.2) is 42.8 Å². The first kappa shape index (κ1) is 23.4. The quantitative estimate of drug-likeness (QED) is 0.601. The van der Waals surface area contributed by atoms with Crippen LogP contribution in [0.2, 0.25) is 5.02 Å². The highest BCUT2D eigenvalue weighted by Crippen LogP contribution is 2.38. The molecule has 0 aliphatic carbocycles. The largest absolute Gasteiger partial charge is 0.496 e.